The molecular weight excluding hydrogens is 172 g/mol. The van der Waals surface area contributed by atoms with E-state index in [0.29, 0.717) is 0 Å². The van der Waals surface area contributed by atoms with Crippen LogP contribution in [0.1, 0.15) is 10.4 Å². The van der Waals surface area contributed by atoms with Crippen molar-refractivity contribution in [2.24, 2.45) is 0 Å². The zero-order chi connectivity index (χ0) is 7.84. The molecule has 56 valence electrons. The predicted molar refractivity (Wildman–Crippen MR) is 54.5 cm³/mol. The van der Waals surface area contributed by atoms with Crippen molar-refractivity contribution in [3.63, 3.8) is 0 Å². The molecule has 0 aliphatic rings. The van der Waals surface area contributed by atoms with Crippen LogP contribution < -0.4 is 0 Å². The van der Waals surface area contributed by atoms with Gasteiger partial charge in [0.15, 0.2) is 0 Å². The summed E-state index contributed by atoms with van der Waals surface area (Å²) < 4.78 is 2.81. The molecule has 11 heavy (non-hydrogen) atoms. The van der Waals surface area contributed by atoms with Crippen molar-refractivity contribution in [3.05, 3.63) is 28.5 Å². The third-order valence-corrected chi connectivity index (χ3v) is 4.16. The Balaban J connectivity index is 2.86. The number of thiophene rings is 2. The van der Waals surface area contributed by atoms with Crippen molar-refractivity contribution in [3.8, 4) is 0 Å². The number of aryl methyl sites for hydroxylation is 1. The molecule has 0 nitrogen and oxygen atoms in total. The van der Waals surface area contributed by atoms with Crippen molar-refractivity contribution < 1.29 is 0 Å². The summed E-state index contributed by atoms with van der Waals surface area (Å²) in [5.41, 5.74) is 1.38. The maximum atomic E-state index is 3.78. The molecule has 0 aromatic carbocycles. The number of rotatable bonds is 1. The summed E-state index contributed by atoms with van der Waals surface area (Å²) in [6.45, 7) is 5.94. The van der Waals surface area contributed by atoms with Crippen LogP contribution in [0.2, 0.25) is 0 Å². The molecule has 0 bridgehead atoms. The standard InChI is InChI=1S/C9H8S2/c1-3-7-6(2)9-8(11-7)4-5-10-9/h3-5H,1H2,2H3. The SMILES string of the molecule is C=Cc1sc2ccsc2c1C. The van der Waals surface area contributed by atoms with Crippen LogP contribution in [0.3, 0.4) is 0 Å². The second kappa shape index (κ2) is 2.47. The summed E-state index contributed by atoms with van der Waals surface area (Å²) in [5.74, 6) is 0. The molecule has 0 unspecified atom stereocenters. The van der Waals surface area contributed by atoms with Crippen LogP contribution in [0.25, 0.3) is 15.5 Å². The molecule has 2 aromatic heterocycles. The molecule has 0 aliphatic carbocycles. The van der Waals surface area contributed by atoms with Gasteiger partial charge in [0.25, 0.3) is 0 Å². The number of hydrogen-bond donors (Lipinski definition) is 0. The Morgan fingerprint density at radius 3 is 3.00 bits per heavy atom. The van der Waals surface area contributed by atoms with E-state index in [9.17, 15) is 0 Å². The molecule has 0 spiro atoms. The molecule has 0 fully saturated rings. The Hall–Kier alpha value is -0.600. The van der Waals surface area contributed by atoms with E-state index in [2.05, 4.69) is 24.9 Å². The molecule has 0 saturated carbocycles. The Bertz CT molecular complexity index is 393. The molecule has 0 amide bonds. The molecule has 2 rings (SSSR count). The molecule has 0 atom stereocenters. The minimum atomic E-state index is 1.31. The van der Waals surface area contributed by atoms with Crippen LogP contribution in [0, 0.1) is 6.92 Å². The van der Waals surface area contributed by atoms with Crippen molar-refractivity contribution in [1.29, 1.82) is 0 Å². The van der Waals surface area contributed by atoms with E-state index in [1.165, 1.54) is 19.8 Å². The Morgan fingerprint density at radius 2 is 2.36 bits per heavy atom. The fourth-order valence-corrected chi connectivity index (χ4v) is 3.34. The largest absolute Gasteiger partial charge is 0.143 e. The first-order valence-corrected chi connectivity index (χ1v) is 5.11. The van der Waals surface area contributed by atoms with Crippen LogP contribution in [0.5, 0.6) is 0 Å². The van der Waals surface area contributed by atoms with Gasteiger partial charge in [-0.15, -0.1) is 22.7 Å². The highest BCUT2D eigenvalue weighted by atomic mass is 32.1. The summed E-state index contributed by atoms with van der Waals surface area (Å²) >= 11 is 3.64. The first-order valence-electron chi connectivity index (χ1n) is 3.42. The smallest absolute Gasteiger partial charge is 0.0486 e. The molecule has 0 N–H and O–H groups in total. The van der Waals surface area contributed by atoms with Crippen molar-refractivity contribution in [2.75, 3.05) is 0 Å². The molecule has 2 heterocycles. The van der Waals surface area contributed by atoms with Gasteiger partial charge in [0.2, 0.25) is 0 Å². The fourth-order valence-electron chi connectivity index (χ4n) is 1.15. The van der Waals surface area contributed by atoms with Gasteiger partial charge in [-0.1, -0.05) is 12.7 Å². The highest BCUT2D eigenvalue weighted by Gasteiger charge is 2.05. The van der Waals surface area contributed by atoms with Crippen LogP contribution in [-0.2, 0) is 0 Å². The highest BCUT2D eigenvalue weighted by molar-refractivity contribution is 7.27. The van der Waals surface area contributed by atoms with Gasteiger partial charge in [0, 0.05) is 14.3 Å². The summed E-state index contributed by atoms with van der Waals surface area (Å²) in [6, 6.07) is 2.17. The summed E-state index contributed by atoms with van der Waals surface area (Å²) in [4.78, 5) is 1.31. The maximum absolute atomic E-state index is 3.78. The molecule has 0 saturated heterocycles. The van der Waals surface area contributed by atoms with Gasteiger partial charge in [-0.25, -0.2) is 0 Å². The summed E-state index contributed by atoms with van der Waals surface area (Å²) in [6.07, 6.45) is 1.94. The molecule has 0 radical (unpaired) electrons. The van der Waals surface area contributed by atoms with Crippen LogP contribution in [0.15, 0.2) is 18.0 Å². The van der Waals surface area contributed by atoms with Gasteiger partial charge in [0.05, 0.1) is 0 Å². The molecular formula is C9H8S2. The van der Waals surface area contributed by atoms with Crippen LogP contribution >= 0.6 is 22.7 Å². The van der Waals surface area contributed by atoms with Gasteiger partial charge in [-0.05, 0) is 23.9 Å². The molecule has 2 heteroatoms. The third-order valence-electron chi connectivity index (χ3n) is 1.74. The van der Waals surface area contributed by atoms with Gasteiger partial charge in [-0.3, -0.25) is 0 Å². The lowest BCUT2D eigenvalue weighted by atomic mass is 10.3. The first kappa shape index (κ1) is 7.07. The second-order valence-electron chi connectivity index (χ2n) is 2.41. The topological polar surface area (TPSA) is 0 Å². The monoisotopic (exact) mass is 180 g/mol. The lowest BCUT2D eigenvalue weighted by Crippen LogP contribution is -1.64. The zero-order valence-corrected chi connectivity index (χ0v) is 7.89. The van der Waals surface area contributed by atoms with Gasteiger partial charge in [0.1, 0.15) is 0 Å². The van der Waals surface area contributed by atoms with E-state index < -0.39 is 0 Å². The summed E-state index contributed by atoms with van der Waals surface area (Å²) in [5, 5.41) is 2.14. The normalized spacial score (nSPS) is 10.6. The quantitative estimate of drug-likeness (QED) is 0.624. The van der Waals surface area contributed by atoms with E-state index in [1.54, 1.807) is 0 Å². The van der Waals surface area contributed by atoms with E-state index in [0.717, 1.165) is 0 Å². The lowest BCUT2D eigenvalue weighted by Gasteiger charge is -1.85. The number of fused-ring (bicyclic) bond motifs is 1. The Kier molecular flexibility index (Phi) is 1.59. The second-order valence-corrected chi connectivity index (χ2v) is 4.41. The Morgan fingerprint density at radius 1 is 1.55 bits per heavy atom. The van der Waals surface area contributed by atoms with Crippen LogP contribution in [-0.4, -0.2) is 0 Å². The highest BCUT2D eigenvalue weighted by Crippen LogP contribution is 2.34. The van der Waals surface area contributed by atoms with Crippen LogP contribution in [0.4, 0.5) is 0 Å². The van der Waals surface area contributed by atoms with E-state index in [4.69, 9.17) is 0 Å². The predicted octanol–water partition coefficient (Wildman–Crippen LogP) is 3.91. The lowest BCUT2D eigenvalue weighted by molar-refractivity contribution is 1.60. The van der Waals surface area contributed by atoms with Gasteiger partial charge in [-0.2, -0.15) is 0 Å². The van der Waals surface area contributed by atoms with E-state index in [1.807, 2.05) is 28.7 Å². The van der Waals surface area contributed by atoms with E-state index >= 15 is 0 Å². The molecule has 2 aromatic rings. The van der Waals surface area contributed by atoms with Gasteiger partial charge < -0.3 is 0 Å². The van der Waals surface area contributed by atoms with Crippen molar-refractivity contribution >= 4 is 38.1 Å². The maximum Gasteiger partial charge on any atom is 0.0486 e. The van der Waals surface area contributed by atoms with Gasteiger partial charge >= 0.3 is 0 Å². The fraction of sp³-hybridized carbons (Fsp3) is 0.111. The summed E-state index contributed by atoms with van der Waals surface area (Å²) in [7, 11) is 0. The van der Waals surface area contributed by atoms with E-state index in [-0.39, 0.29) is 0 Å². The minimum absolute atomic E-state index is 1.31. The third kappa shape index (κ3) is 0.940. The Labute approximate surface area is 73.8 Å². The number of hydrogen-bond acceptors (Lipinski definition) is 2. The minimum Gasteiger partial charge on any atom is -0.143 e. The zero-order valence-electron chi connectivity index (χ0n) is 6.26. The van der Waals surface area contributed by atoms with Crippen molar-refractivity contribution in [1.82, 2.24) is 0 Å². The average molecular weight is 180 g/mol. The molecule has 0 aliphatic heterocycles. The average Bonchev–Trinajstić information content (AvgIpc) is 2.53. The van der Waals surface area contributed by atoms with Crippen molar-refractivity contribution in [2.45, 2.75) is 6.92 Å². The first-order chi connectivity index (χ1) is 5.33.